The van der Waals surface area contributed by atoms with E-state index in [-0.39, 0.29) is 16.6 Å². The normalized spacial score (nSPS) is 10.8. The lowest BCUT2D eigenvalue weighted by atomic mass is 10.3. The third kappa shape index (κ3) is 4.44. The SMILES string of the molecule is O=S(=O)(Nc1cccc(C#CCCO)n1)c1ccc(Cl)s1. The van der Waals surface area contributed by atoms with Crippen molar-refractivity contribution in [2.75, 3.05) is 11.3 Å². The number of sulfonamides is 1. The second-order valence-corrected chi connectivity index (χ2v) is 7.47. The lowest BCUT2D eigenvalue weighted by Crippen LogP contribution is -2.12. The molecule has 2 aromatic heterocycles. The molecule has 0 spiro atoms. The zero-order valence-corrected chi connectivity index (χ0v) is 13.1. The molecule has 8 heteroatoms. The molecule has 0 unspecified atom stereocenters. The maximum Gasteiger partial charge on any atom is 0.272 e. The van der Waals surface area contributed by atoms with Gasteiger partial charge in [0.25, 0.3) is 10.0 Å². The van der Waals surface area contributed by atoms with Crippen molar-refractivity contribution in [3.63, 3.8) is 0 Å². The Morgan fingerprint density at radius 3 is 2.81 bits per heavy atom. The number of rotatable bonds is 4. The lowest BCUT2D eigenvalue weighted by Gasteiger charge is -2.05. The Morgan fingerprint density at radius 1 is 1.33 bits per heavy atom. The number of anilines is 1. The molecule has 2 aromatic rings. The van der Waals surface area contributed by atoms with Crippen molar-refractivity contribution in [3.05, 3.63) is 40.4 Å². The number of aliphatic hydroxyl groups is 1. The van der Waals surface area contributed by atoms with Crippen molar-refractivity contribution in [1.29, 1.82) is 0 Å². The highest BCUT2D eigenvalue weighted by molar-refractivity contribution is 7.94. The van der Waals surface area contributed by atoms with Crippen molar-refractivity contribution in [1.82, 2.24) is 4.98 Å². The molecule has 0 saturated heterocycles. The smallest absolute Gasteiger partial charge is 0.272 e. The van der Waals surface area contributed by atoms with E-state index in [0.29, 0.717) is 16.5 Å². The van der Waals surface area contributed by atoms with Gasteiger partial charge < -0.3 is 5.11 Å². The van der Waals surface area contributed by atoms with Crippen LogP contribution in [-0.4, -0.2) is 25.1 Å². The fourth-order valence-electron chi connectivity index (χ4n) is 1.40. The Morgan fingerprint density at radius 2 is 2.14 bits per heavy atom. The standard InChI is InChI=1S/C13H11ClN2O3S2/c14-11-7-8-13(20-11)21(18,19)16-12-6-3-5-10(15-12)4-1-2-9-17/h3,5-8,17H,2,9H2,(H,15,16). The van der Waals surface area contributed by atoms with E-state index in [1.54, 1.807) is 12.1 Å². The third-order valence-corrected chi connectivity index (χ3v) is 5.33. The number of hydrogen-bond acceptors (Lipinski definition) is 5. The molecule has 5 nitrogen and oxygen atoms in total. The molecule has 0 fully saturated rings. The second-order valence-electron chi connectivity index (χ2n) is 3.85. The number of hydrogen-bond donors (Lipinski definition) is 2. The molecule has 0 aromatic carbocycles. The minimum atomic E-state index is -3.70. The average Bonchev–Trinajstić information content (AvgIpc) is 2.87. The highest BCUT2D eigenvalue weighted by Crippen LogP contribution is 2.26. The van der Waals surface area contributed by atoms with Gasteiger partial charge in [0.2, 0.25) is 0 Å². The van der Waals surface area contributed by atoms with Crippen LogP contribution in [0.25, 0.3) is 0 Å². The summed E-state index contributed by atoms with van der Waals surface area (Å²) in [6.07, 6.45) is 0.339. The lowest BCUT2D eigenvalue weighted by molar-refractivity contribution is 0.305. The molecule has 2 rings (SSSR count). The molecule has 110 valence electrons. The van der Waals surface area contributed by atoms with Gasteiger partial charge in [-0.2, -0.15) is 0 Å². The molecule has 21 heavy (non-hydrogen) atoms. The first-order chi connectivity index (χ1) is 10.0. The highest BCUT2D eigenvalue weighted by atomic mass is 35.5. The van der Waals surface area contributed by atoms with Crippen LogP contribution in [0, 0.1) is 11.8 Å². The molecule has 2 N–H and O–H groups in total. The first-order valence-corrected chi connectivity index (χ1v) is 8.54. The number of nitrogens with zero attached hydrogens (tertiary/aromatic N) is 1. The summed E-state index contributed by atoms with van der Waals surface area (Å²) in [6.45, 7) is -0.0293. The Hall–Kier alpha value is -1.59. The molecule has 0 saturated carbocycles. The van der Waals surface area contributed by atoms with Crippen LogP contribution in [0.3, 0.4) is 0 Å². The molecule has 2 heterocycles. The Bertz CT molecular complexity index is 791. The van der Waals surface area contributed by atoms with Crippen LogP contribution in [0.1, 0.15) is 12.1 Å². The number of pyridine rings is 1. The predicted molar refractivity (Wildman–Crippen MR) is 83.0 cm³/mol. The summed E-state index contributed by atoms with van der Waals surface area (Å²) in [5.41, 5.74) is 0.424. The Labute approximate surface area is 131 Å². The van der Waals surface area contributed by atoms with E-state index in [1.165, 1.54) is 18.2 Å². The minimum absolute atomic E-state index is 0.0293. The van der Waals surface area contributed by atoms with Gasteiger partial charge in [0.05, 0.1) is 10.9 Å². The highest BCUT2D eigenvalue weighted by Gasteiger charge is 2.17. The molecule has 0 aliphatic rings. The van der Waals surface area contributed by atoms with E-state index in [2.05, 4.69) is 21.5 Å². The van der Waals surface area contributed by atoms with Crippen LogP contribution in [0.4, 0.5) is 5.82 Å². The predicted octanol–water partition coefficient (Wildman–Crippen LogP) is 2.33. The Kier molecular flexibility index (Phi) is 5.20. The molecule has 0 amide bonds. The van der Waals surface area contributed by atoms with Crippen LogP contribution in [-0.2, 0) is 10.0 Å². The zero-order chi connectivity index (χ0) is 15.3. The minimum Gasteiger partial charge on any atom is -0.395 e. The molecular formula is C13H11ClN2O3S2. The van der Waals surface area contributed by atoms with Gasteiger partial charge in [0, 0.05) is 6.42 Å². The second kappa shape index (κ2) is 6.91. The maximum absolute atomic E-state index is 12.1. The number of thiophene rings is 1. The van der Waals surface area contributed by atoms with Crippen LogP contribution in [0.15, 0.2) is 34.5 Å². The van der Waals surface area contributed by atoms with Gasteiger partial charge >= 0.3 is 0 Å². The quantitative estimate of drug-likeness (QED) is 0.836. The van der Waals surface area contributed by atoms with Crippen molar-refractivity contribution >= 4 is 38.8 Å². The van der Waals surface area contributed by atoms with Crippen molar-refractivity contribution in [2.45, 2.75) is 10.6 Å². The summed E-state index contributed by atoms with van der Waals surface area (Å²) in [7, 11) is -3.70. The van der Waals surface area contributed by atoms with Gasteiger partial charge in [-0.3, -0.25) is 4.72 Å². The van der Waals surface area contributed by atoms with Crippen molar-refractivity contribution in [2.24, 2.45) is 0 Å². The largest absolute Gasteiger partial charge is 0.395 e. The summed E-state index contributed by atoms with van der Waals surface area (Å²) >= 11 is 6.70. The van der Waals surface area contributed by atoms with Crippen LogP contribution < -0.4 is 4.72 Å². The van der Waals surface area contributed by atoms with Crippen LogP contribution >= 0.6 is 22.9 Å². The third-order valence-electron chi connectivity index (χ3n) is 2.25. The molecule has 0 radical (unpaired) electrons. The van der Waals surface area contributed by atoms with E-state index in [0.717, 1.165) is 11.3 Å². The molecule has 0 bridgehead atoms. The van der Waals surface area contributed by atoms with Crippen LogP contribution in [0.5, 0.6) is 0 Å². The molecule has 0 aliphatic heterocycles. The van der Waals surface area contributed by atoms with Gasteiger partial charge in [-0.15, -0.1) is 11.3 Å². The molecule has 0 atom stereocenters. The van der Waals surface area contributed by atoms with Crippen LogP contribution in [0.2, 0.25) is 4.34 Å². The van der Waals surface area contributed by atoms with Gasteiger partial charge in [0.15, 0.2) is 0 Å². The summed E-state index contributed by atoms with van der Waals surface area (Å²) < 4.78 is 27.1. The van der Waals surface area contributed by atoms with Crippen molar-refractivity contribution < 1.29 is 13.5 Å². The fourth-order valence-corrected chi connectivity index (χ4v) is 3.88. The van der Waals surface area contributed by atoms with E-state index in [9.17, 15) is 8.42 Å². The average molecular weight is 343 g/mol. The molecular weight excluding hydrogens is 332 g/mol. The number of aliphatic hydroxyl groups excluding tert-OH is 1. The fraction of sp³-hybridized carbons (Fsp3) is 0.154. The Balaban J connectivity index is 2.20. The molecule has 0 aliphatic carbocycles. The van der Waals surface area contributed by atoms with Gasteiger partial charge in [-0.05, 0) is 30.2 Å². The van der Waals surface area contributed by atoms with Gasteiger partial charge in [-0.1, -0.05) is 23.6 Å². The van der Waals surface area contributed by atoms with E-state index >= 15 is 0 Å². The van der Waals surface area contributed by atoms with E-state index in [4.69, 9.17) is 16.7 Å². The summed E-state index contributed by atoms with van der Waals surface area (Å²) in [5.74, 6) is 5.64. The summed E-state index contributed by atoms with van der Waals surface area (Å²) in [5, 5.41) is 8.66. The summed E-state index contributed by atoms with van der Waals surface area (Å²) in [6, 6.07) is 7.79. The number of aromatic nitrogens is 1. The van der Waals surface area contributed by atoms with Crippen molar-refractivity contribution in [3.8, 4) is 11.8 Å². The number of nitrogens with one attached hydrogen (secondary N) is 1. The topological polar surface area (TPSA) is 79.3 Å². The van der Waals surface area contributed by atoms with E-state index in [1.807, 2.05) is 0 Å². The van der Waals surface area contributed by atoms with Gasteiger partial charge in [-0.25, -0.2) is 13.4 Å². The first-order valence-electron chi connectivity index (χ1n) is 5.86. The van der Waals surface area contributed by atoms with E-state index < -0.39 is 10.0 Å². The maximum atomic E-state index is 12.1. The monoisotopic (exact) mass is 342 g/mol. The summed E-state index contributed by atoms with van der Waals surface area (Å²) in [4.78, 5) is 4.09. The zero-order valence-electron chi connectivity index (χ0n) is 10.7. The first kappa shape index (κ1) is 15.8. The number of halogens is 1. The van der Waals surface area contributed by atoms with Gasteiger partial charge in [0.1, 0.15) is 15.7 Å².